The molecule has 3 rings (SSSR count). The summed E-state index contributed by atoms with van der Waals surface area (Å²) in [5.41, 5.74) is 0. The Labute approximate surface area is 143 Å². The zero-order chi connectivity index (χ0) is 17.1. The van der Waals surface area contributed by atoms with Crippen LogP contribution in [0.2, 0.25) is 0 Å². The normalized spacial score (nSPS) is 20.5. The maximum atomic E-state index is 12.3. The lowest BCUT2D eigenvalue weighted by Gasteiger charge is -2.23. The number of likely N-dealkylation sites (tertiary alicyclic amines) is 1. The van der Waals surface area contributed by atoms with E-state index < -0.39 is 11.9 Å². The van der Waals surface area contributed by atoms with E-state index in [1.165, 1.54) is 0 Å². The summed E-state index contributed by atoms with van der Waals surface area (Å²) in [5.74, 6) is -0.208. The van der Waals surface area contributed by atoms with Crippen molar-refractivity contribution >= 4 is 23.2 Å². The van der Waals surface area contributed by atoms with Crippen LogP contribution in [-0.4, -0.2) is 44.6 Å². The predicted octanol–water partition coefficient (Wildman–Crippen LogP) is 2.44. The first-order valence-electron chi connectivity index (χ1n) is 7.95. The van der Waals surface area contributed by atoms with Crippen LogP contribution in [0.4, 0.5) is 0 Å². The molecule has 1 amide bonds. The fourth-order valence-corrected chi connectivity index (χ4v) is 3.67. The quantitative estimate of drug-likeness (QED) is 0.860. The Bertz CT molecular complexity index is 713. The molecule has 3 heterocycles. The highest BCUT2D eigenvalue weighted by atomic mass is 32.1. The van der Waals surface area contributed by atoms with Crippen LogP contribution in [0, 0.1) is 5.92 Å². The first-order chi connectivity index (χ1) is 11.6. The van der Waals surface area contributed by atoms with Gasteiger partial charge in [-0.05, 0) is 31.2 Å². The average Bonchev–Trinajstić information content (AvgIpc) is 3.26. The fourth-order valence-electron chi connectivity index (χ4n) is 3.02. The third kappa shape index (κ3) is 3.48. The largest absolute Gasteiger partial charge is 0.481 e. The molecule has 1 aliphatic rings. The molecule has 1 fully saturated rings. The Hall–Kier alpha value is -2.22. The second-order valence-electron chi connectivity index (χ2n) is 5.90. The van der Waals surface area contributed by atoms with Gasteiger partial charge < -0.3 is 14.5 Å². The Morgan fingerprint density at radius 1 is 1.50 bits per heavy atom. The lowest BCUT2D eigenvalue weighted by molar-refractivity contribution is -0.143. The minimum absolute atomic E-state index is 0.00996. The standard InChI is InChI=1S/C16H19N3O4S/c1-10-11(16(21)22)7-8-19(10)14(20)6-2-5-13-17-15(18-23-13)12-4-3-9-24-12/h3-4,9-11H,2,5-8H2,1H3,(H,21,22). The van der Waals surface area contributed by atoms with Gasteiger partial charge in [-0.1, -0.05) is 11.2 Å². The summed E-state index contributed by atoms with van der Waals surface area (Å²) < 4.78 is 5.21. The third-order valence-electron chi connectivity index (χ3n) is 4.38. The van der Waals surface area contributed by atoms with Crippen molar-refractivity contribution in [3.8, 4) is 10.7 Å². The van der Waals surface area contributed by atoms with Crippen LogP contribution in [0.5, 0.6) is 0 Å². The predicted molar refractivity (Wildman–Crippen MR) is 87.5 cm³/mol. The number of thiophene rings is 1. The van der Waals surface area contributed by atoms with Crippen molar-refractivity contribution in [1.29, 1.82) is 0 Å². The molecule has 0 spiro atoms. The molecule has 0 aromatic carbocycles. The number of carbonyl (C=O) groups is 2. The summed E-state index contributed by atoms with van der Waals surface area (Å²) in [4.78, 5) is 30.3. The van der Waals surface area contributed by atoms with Crippen molar-refractivity contribution in [1.82, 2.24) is 15.0 Å². The number of rotatable bonds is 6. The van der Waals surface area contributed by atoms with Gasteiger partial charge in [0, 0.05) is 25.4 Å². The molecule has 7 nitrogen and oxygen atoms in total. The van der Waals surface area contributed by atoms with Crippen LogP contribution in [-0.2, 0) is 16.0 Å². The first-order valence-corrected chi connectivity index (χ1v) is 8.83. The molecule has 0 aliphatic carbocycles. The molecule has 0 bridgehead atoms. The number of aryl methyl sites for hydroxylation is 1. The second-order valence-corrected chi connectivity index (χ2v) is 6.85. The van der Waals surface area contributed by atoms with Crippen molar-refractivity contribution < 1.29 is 19.2 Å². The third-order valence-corrected chi connectivity index (χ3v) is 5.25. The van der Waals surface area contributed by atoms with Gasteiger partial charge in [-0.3, -0.25) is 9.59 Å². The number of hydrogen-bond donors (Lipinski definition) is 1. The summed E-state index contributed by atoms with van der Waals surface area (Å²) in [7, 11) is 0. The number of amides is 1. The SMILES string of the molecule is CC1C(C(=O)O)CCN1C(=O)CCCc1nc(-c2cccs2)no1. The highest BCUT2D eigenvalue weighted by Crippen LogP contribution is 2.25. The van der Waals surface area contributed by atoms with E-state index in [-0.39, 0.29) is 11.9 Å². The topological polar surface area (TPSA) is 96.5 Å². The first kappa shape index (κ1) is 16.6. The molecule has 2 unspecified atom stereocenters. The van der Waals surface area contributed by atoms with Crippen LogP contribution >= 0.6 is 11.3 Å². The van der Waals surface area contributed by atoms with Crippen LogP contribution in [0.15, 0.2) is 22.0 Å². The molecule has 128 valence electrons. The molecular formula is C16H19N3O4S. The van der Waals surface area contributed by atoms with Crippen molar-refractivity contribution in [3.63, 3.8) is 0 Å². The van der Waals surface area contributed by atoms with Gasteiger partial charge in [0.25, 0.3) is 0 Å². The van der Waals surface area contributed by atoms with Gasteiger partial charge in [0.1, 0.15) is 0 Å². The van der Waals surface area contributed by atoms with Gasteiger partial charge in [0.05, 0.1) is 10.8 Å². The highest BCUT2D eigenvalue weighted by molar-refractivity contribution is 7.13. The zero-order valence-corrected chi connectivity index (χ0v) is 14.2. The van der Waals surface area contributed by atoms with Crippen LogP contribution in [0.3, 0.4) is 0 Å². The lowest BCUT2D eigenvalue weighted by atomic mass is 10.0. The van der Waals surface area contributed by atoms with Crippen molar-refractivity contribution in [2.75, 3.05) is 6.54 Å². The fraction of sp³-hybridized carbons (Fsp3) is 0.500. The van der Waals surface area contributed by atoms with E-state index in [9.17, 15) is 9.59 Å². The maximum Gasteiger partial charge on any atom is 0.308 e. The van der Waals surface area contributed by atoms with Gasteiger partial charge in [-0.2, -0.15) is 4.98 Å². The monoisotopic (exact) mass is 349 g/mol. The van der Waals surface area contributed by atoms with Gasteiger partial charge in [0.15, 0.2) is 0 Å². The molecule has 1 N–H and O–H groups in total. The van der Waals surface area contributed by atoms with E-state index >= 15 is 0 Å². The molecule has 2 aromatic heterocycles. The van der Waals surface area contributed by atoms with E-state index in [1.807, 2.05) is 17.5 Å². The molecule has 0 radical (unpaired) electrons. The number of carboxylic acids is 1. The van der Waals surface area contributed by atoms with Gasteiger partial charge in [-0.15, -0.1) is 11.3 Å². The Morgan fingerprint density at radius 2 is 2.33 bits per heavy atom. The molecule has 2 atom stereocenters. The average molecular weight is 349 g/mol. The summed E-state index contributed by atoms with van der Waals surface area (Å²) in [6.07, 6.45) is 2.02. The van der Waals surface area contributed by atoms with Crippen molar-refractivity contribution in [2.24, 2.45) is 5.92 Å². The Morgan fingerprint density at radius 3 is 3.00 bits per heavy atom. The van der Waals surface area contributed by atoms with E-state index in [1.54, 1.807) is 23.2 Å². The summed E-state index contributed by atoms with van der Waals surface area (Å²) in [6.45, 7) is 2.31. The van der Waals surface area contributed by atoms with E-state index in [0.717, 1.165) is 4.88 Å². The van der Waals surface area contributed by atoms with E-state index in [2.05, 4.69) is 10.1 Å². The number of nitrogens with zero attached hydrogens (tertiary/aromatic N) is 3. The van der Waals surface area contributed by atoms with E-state index in [4.69, 9.17) is 9.63 Å². The molecule has 2 aromatic rings. The molecular weight excluding hydrogens is 330 g/mol. The van der Waals surface area contributed by atoms with Gasteiger partial charge >= 0.3 is 5.97 Å². The number of carboxylic acid groups (broad SMARTS) is 1. The van der Waals surface area contributed by atoms with Crippen molar-refractivity contribution in [2.45, 2.75) is 38.6 Å². The molecule has 8 heteroatoms. The second kappa shape index (κ2) is 7.12. The Kier molecular flexibility index (Phi) is 4.94. The number of hydrogen-bond acceptors (Lipinski definition) is 6. The number of aromatic nitrogens is 2. The minimum atomic E-state index is -0.829. The van der Waals surface area contributed by atoms with Crippen LogP contribution in [0.1, 0.15) is 32.1 Å². The highest BCUT2D eigenvalue weighted by Gasteiger charge is 2.37. The Balaban J connectivity index is 1.48. The number of carbonyl (C=O) groups excluding carboxylic acids is 1. The van der Waals surface area contributed by atoms with E-state index in [0.29, 0.717) is 43.9 Å². The van der Waals surface area contributed by atoms with Gasteiger partial charge in [0.2, 0.25) is 17.6 Å². The van der Waals surface area contributed by atoms with Crippen molar-refractivity contribution in [3.05, 3.63) is 23.4 Å². The smallest absolute Gasteiger partial charge is 0.308 e. The zero-order valence-electron chi connectivity index (χ0n) is 13.3. The molecule has 0 saturated carbocycles. The number of aliphatic carboxylic acids is 1. The molecule has 1 aliphatic heterocycles. The summed E-state index contributed by atoms with van der Waals surface area (Å²) in [5, 5.41) is 15.0. The molecule has 24 heavy (non-hydrogen) atoms. The summed E-state index contributed by atoms with van der Waals surface area (Å²) >= 11 is 1.54. The maximum absolute atomic E-state index is 12.3. The van der Waals surface area contributed by atoms with Crippen LogP contribution in [0.25, 0.3) is 10.7 Å². The minimum Gasteiger partial charge on any atom is -0.481 e. The summed E-state index contributed by atoms with van der Waals surface area (Å²) in [6, 6.07) is 3.61. The van der Waals surface area contributed by atoms with Crippen LogP contribution < -0.4 is 0 Å². The molecule has 1 saturated heterocycles. The van der Waals surface area contributed by atoms with Gasteiger partial charge in [-0.25, -0.2) is 0 Å². The lowest BCUT2D eigenvalue weighted by Crippen LogP contribution is -2.37.